The van der Waals surface area contributed by atoms with E-state index in [1.54, 1.807) is 14.8 Å². The second-order valence-electron chi connectivity index (χ2n) is 2.64. The molecule has 0 aliphatic rings. The van der Waals surface area contributed by atoms with Crippen molar-refractivity contribution in [3.8, 4) is 0 Å². The minimum Gasteiger partial charge on any atom is -0.355 e. The van der Waals surface area contributed by atoms with Gasteiger partial charge in [0.2, 0.25) is 5.91 Å². The Morgan fingerprint density at radius 1 is 1.62 bits per heavy atom. The molecule has 0 rings (SSSR count). The molecule has 0 aromatic rings. The van der Waals surface area contributed by atoms with Gasteiger partial charge in [-0.2, -0.15) is 0 Å². The monoisotopic (exact) mass is 181 g/mol. The van der Waals surface area contributed by atoms with Crippen LogP contribution in [0.3, 0.4) is 0 Å². The maximum Gasteiger partial charge on any atom is 0.246 e. The van der Waals surface area contributed by atoms with Crippen molar-refractivity contribution in [2.75, 3.05) is 7.05 Å². The Bertz CT molecular complexity index is 281. The molecular formula is C9H13BFNO. The van der Waals surface area contributed by atoms with Crippen molar-refractivity contribution in [2.45, 2.75) is 6.92 Å². The zero-order valence-electron chi connectivity index (χ0n) is 8.15. The summed E-state index contributed by atoms with van der Waals surface area (Å²) in [5, 5.41) is 2.40. The number of hydrogen-bond donors (Lipinski definition) is 1. The number of amides is 1. The van der Waals surface area contributed by atoms with Crippen molar-refractivity contribution in [3.05, 3.63) is 35.6 Å². The first-order valence-corrected chi connectivity index (χ1v) is 3.92. The van der Waals surface area contributed by atoms with Gasteiger partial charge in [0.15, 0.2) is 0 Å². The summed E-state index contributed by atoms with van der Waals surface area (Å²) in [4.78, 5) is 11.0. The van der Waals surface area contributed by atoms with Crippen LogP contribution in [0.2, 0.25) is 0 Å². The molecule has 0 atom stereocenters. The molecule has 0 radical (unpaired) electrons. The van der Waals surface area contributed by atoms with Gasteiger partial charge in [-0.05, 0) is 13.0 Å². The first-order chi connectivity index (χ1) is 6.02. The van der Waals surface area contributed by atoms with Crippen molar-refractivity contribution >= 4 is 13.8 Å². The van der Waals surface area contributed by atoms with Crippen LogP contribution >= 0.6 is 0 Å². The van der Waals surface area contributed by atoms with Crippen LogP contribution < -0.4 is 5.32 Å². The van der Waals surface area contributed by atoms with Crippen LogP contribution in [0.4, 0.5) is 4.39 Å². The number of allylic oxidation sites excluding steroid dienone is 4. The first-order valence-electron chi connectivity index (χ1n) is 3.92. The normalized spacial score (nSPS) is 13.3. The number of carbonyl (C=O) groups excluding carboxylic acids is 1. The third-order valence-corrected chi connectivity index (χ3v) is 1.61. The van der Waals surface area contributed by atoms with Crippen LogP contribution in [0.25, 0.3) is 0 Å². The zero-order valence-corrected chi connectivity index (χ0v) is 8.15. The lowest BCUT2D eigenvalue weighted by Gasteiger charge is -1.98. The topological polar surface area (TPSA) is 29.1 Å². The largest absolute Gasteiger partial charge is 0.355 e. The van der Waals surface area contributed by atoms with E-state index in [-0.39, 0.29) is 5.91 Å². The summed E-state index contributed by atoms with van der Waals surface area (Å²) >= 11 is 0. The first kappa shape index (κ1) is 11.7. The molecule has 1 amide bonds. The van der Waals surface area contributed by atoms with E-state index in [4.69, 9.17) is 0 Å². The van der Waals surface area contributed by atoms with Crippen LogP contribution in [-0.2, 0) is 4.79 Å². The Morgan fingerprint density at radius 3 is 2.54 bits per heavy atom. The van der Waals surface area contributed by atoms with Gasteiger partial charge in [0.25, 0.3) is 0 Å². The van der Waals surface area contributed by atoms with Gasteiger partial charge in [-0.25, -0.2) is 4.39 Å². The van der Waals surface area contributed by atoms with Crippen LogP contribution in [0, 0.1) is 0 Å². The Hall–Kier alpha value is -1.32. The Labute approximate surface area is 78.6 Å². The van der Waals surface area contributed by atoms with Gasteiger partial charge in [-0.15, -0.1) is 0 Å². The zero-order chi connectivity index (χ0) is 10.4. The highest BCUT2D eigenvalue weighted by Crippen LogP contribution is 2.08. The molecule has 0 saturated heterocycles. The molecule has 0 aromatic carbocycles. The predicted octanol–water partition coefficient (Wildman–Crippen LogP) is 0.679. The average Bonchev–Trinajstić information content (AvgIpc) is 2.14. The average molecular weight is 181 g/mol. The van der Waals surface area contributed by atoms with Gasteiger partial charge >= 0.3 is 0 Å². The third kappa shape index (κ3) is 3.74. The fourth-order valence-corrected chi connectivity index (χ4v) is 0.664. The quantitative estimate of drug-likeness (QED) is 0.387. The SMILES string of the molecule is B/C(C=C)=C(F)/C=C(\C)C(=O)NC. The van der Waals surface area contributed by atoms with Gasteiger partial charge in [0.05, 0.1) is 0 Å². The van der Waals surface area contributed by atoms with Gasteiger partial charge < -0.3 is 5.32 Å². The maximum atomic E-state index is 13.1. The van der Waals surface area contributed by atoms with E-state index < -0.39 is 5.83 Å². The van der Waals surface area contributed by atoms with Crippen LogP contribution in [0.1, 0.15) is 6.92 Å². The number of nitrogens with one attached hydrogen (secondary N) is 1. The van der Waals surface area contributed by atoms with Gasteiger partial charge in [0.1, 0.15) is 13.7 Å². The van der Waals surface area contributed by atoms with Gasteiger partial charge in [-0.3, -0.25) is 4.79 Å². The van der Waals surface area contributed by atoms with Crippen molar-refractivity contribution in [1.82, 2.24) is 5.32 Å². The molecule has 0 heterocycles. The van der Waals surface area contributed by atoms with Crippen LogP contribution in [-0.4, -0.2) is 20.8 Å². The fourth-order valence-electron chi connectivity index (χ4n) is 0.664. The van der Waals surface area contributed by atoms with E-state index in [2.05, 4.69) is 11.9 Å². The molecule has 1 N–H and O–H groups in total. The van der Waals surface area contributed by atoms with E-state index in [1.165, 1.54) is 19.2 Å². The summed E-state index contributed by atoms with van der Waals surface area (Å²) in [6.07, 6.45) is 2.60. The molecule has 0 aromatic heterocycles. The van der Waals surface area contributed by atoms with Gasteiger partial charge in [0, 0.05) is 12.6 Å². The molecule has 70 valence electrons. The van der Waals surface area contributed by atoms with Gasteiger partial charge in [-0.1, -0.05) is 18.1 Å². The maximum absolute atomic E-state index is 13.1. The highest BCUT2D eigenvalue weighted by molar-refractivity contribution is 6.23. The molecule has 4 heteroatoms. The summed E-state index contributed by atoms with van der Waals surface area (Å²) in [5.41, 5.74) is 0.754. The number of rotatable bonds is 3. The molecule has 0 unspecified atom stereocenters. The number of halogens is 1. The molecule has 0 bridgehead atoms. The molecule has 0 aliphatic carbocycles. The lowest BCUT2D eigenvalue weighted by molar-refractivity contribution is -0.117. The summed E-state index contributed by atoms with van der Waals surface area (Å²) in [6, 6.07) is 0. The molecule has 0 fully saturated rings. The van der Waals surface area contributed by atoms with E-state index in [0.717, 1.165) is 0 Å². The van der Waals surface area contributed by atoms with Crippen molar-refractivity contribution in [3.63, 3.8) is 0 Å². The molecule has 2 nitrogen and oxygen atoms in total. The highest BCUT2D eigenvalue weighted by atomic mass is 19.1. The minimum atomic E-state index is -0.434. The van der Waals surface area contributed by atoms with E-state index in [1.807, 2.05) is 0 Å². The second-order valence-corrected chi connectivity index (χ2v) is 2.64. The standard InChI is InChI=1S/C9H13BFNO/c1-4-7(10)8(11)5-6(2)9(13)12-3/h4-5H,1,10H2,2-3H3,(H,12,13)/b6-5+,8-7-. The second kappa shape index (κ2) is 5.35. The molecular weight excluding hydrogens is 168 g/mol. The van der Waals surface area contributed by atoms with E-state index in [9.17, 15) is 9.18 Å². The predicted molar refractivity (Wildman–Crippen MR) is 54.7 cm³/mol. The lowest BCUT2D eigenvalue weighted by Crippen LogP contribution is -2.18. The van der Waals surface area contributed by atoms with E-state index in [0.29, 0.717) is 11.0 Å². The summed E-state index contributed by atoms with van der Waals surface area (Å²) < 4.78 is 13.1. The molecule has 13 heavy (non-hydrogen) atoms. The Kier molecular flexibility index (Phi) is 4.81. The lowest BCUT2D eigenvalue weighted by atomic mass is 9.94. The fraction of sp³-hybridized carbons (Fsp3) is 0.222. The van der Waals surface area contributed by atoms with Crippen molar-refractivity contribution < 1.29 is 9.18 Å². The Balaban J connectivity index is 4.75. The molecule has 0 aliphatic heterocycles. The minimum absolute atomic E-state index is 0.285. The number of likely N-dealkylation sites (N-methyl/N-ethyl adjacent to an activating group) is 1. The summed E-state index contributed by atoms with van der Waals surface area (Å²) in [6.45, 7) is 4.98. The van der Waals surface area contributed by atoms with Crippen molar-refractivity contribution in [2.24, 2.45) is 0 Å². The summed E-state index contributed by atoms with van der Waals surface area (Å²) in [7, 11) is 3.09. The number of hydrogen-bond acceptors (Lipinski definition) is 1. The third-order valence-electron chi connectivity index (χ3n) is 1.61. The molecule has 0 spiro atoms. The van der Waals surface area contributed by atoms with Crippen LogP contribution in [0.5, 0.6) is 0 Å². The summed E-state index contributed by atoms with van der Waals surface area (Å²) in [5.74, 6) is -0.719. The highest BCUT2D eigenvalue weighted by Gasteiger charge is 2.02. The Morgan fingerprint density at radius 2 is 2.15 bits per heavy atom. The number of carbonyl (C=O) groups is 1. The van der Waals surface area contributed by atoms with E-state index >= 15 is 0 Å². The van der Waals surface area contributed by atoms with Crippen molar-refractivity contribution in [1.29, 1.82) is 0 Å². The van der Waals surface area contributed by atoms with Crippen LogP contribution in [0.15, 0.2) is 35.6 Å². The molecule has 0 saturated carbocycles. The smallest absolute Gasteiger partial charge is 0.246 e.